The minimum Gasteiger partial charge on any atom is -0.383 e. The summed E-state index contributed by atoms with van der Waals surface area (Å²) >= 11 is 0. The van der Waals surface area contributed by atoms with E-state index in [9.17, 15) is 0 Å². The lowest BCUT2D eigenvalue weighted by molar-refractivity contribution is 0.849. The zero-order valence-electron chi connectivity index (χ0n) is 9.77. The van der Waals surface area contributed by atoms with Crippen molar-refractivity contribution < 1.29 is 0 Å². The molecule has 0 fully saturated rings. The van der Waals surface area contributed by atoms with E-state index in [4.69, 9.17) is 5.73 Å². The van der Waals surface area contributed by atoms with Crippen LogP contribution >= 0.6 is 0 Å². The lowest BCUT2D eigenvalue weighted by Gasteiger charge is -2.20. The van der Waals surface area contributed by atoms with E-state index < -0.39 is 0 Å². The van der Waals surface area contributed by atoms with Gasteiger partial charge in [0.2, 0.25) is 0 Å². The van der Waals surface area contributed by atoms with E-state index in [0.29, 0.717) is 5.82 Å². The third-order valence-electron chi connectivity index (χ3n) is 2.84. The molecule has 84 valence electrons. The lowest BCUT2D eigenvalue weighted by Crippen LogP contribution is -2.23. The molecule has 1 aromatic carbocycles. The van der Waals surface area contributed by atoms with Crippen LogP contribution < -0.4 is 10.6 Å². The summed E-state index contributed by atoms with van der Waals surface area (Å²) in [4.78, 5) is 6.64. The van der Waals surface area contributed by atoms with Gasteiger partial charge in [-0.05, 0) is 25.3 Å². The van der Waals surface area contributed by atoms with Crippen LogP contribution in [0.3, 0.4) is 0 Å². The molecule has 1 heterocycles. The maximum Gasteiger partial charge on any atom is 0.133 e. The van der Waals surface area contributed by atoms with Crippen LogP contribution in [0.2, 0.25) is 0 Å². The monoisotopic (exact) mass is 215 g/mol. The molecule has 0 saturated carbocycles. The fourth-order valence-electron chi connectivity index (χ4n) is 1.92. The van der Waals surface area contributed by atoms with Gasteiger partial charge in [0.25, 0.3) is 0 Å². The van der Waals surface area contributed by atoms with E-state index in [0.717, 1.165) is 29.7 Å². The molecule has 0 spiro atoms. The van der Waals surface area contributed by atoms with Gasteiger partial charge in [-0.15, -0.1) is 0 Å². The Bertz CT molecular complexity index is 490. The van der Waals surface area contributed by atoms with Gasteiger partial charge in [-0.3, -0.25) is 0 Å². The van der Waals surface area contributed by atoms with Gasteiger partial charge >= 0.3 is 0 Å². The van der Waals surface area contributed by atoms with Crippen LogP contribution in [0.5, 0.6) is 0 Å². The zero-order valence-corrected chi connectivity index (χ0v) is 9.77. The molecule has 0 aliphatic rings. The second-order valence-corrected chi connectivity index (χ2v) is 3.76. The maximum atomic E-state index is 5.97. The summed E-state index contributed by atoms with van der Waals surface area (Å²) in [5.41, 5.74) is 5.97. The SMILES string of the molecule is CCN(CC)c1cc2ccccc2c(N)n1. The summed E-state index contributed by atoms with van der Waals surface area (Å²) < 4.78 is 0. The Balaban J connectivity index is 2.57. The molecule has 0 atom stereocenters. The molecule has 0 saturated heterocycles. The second-order valence-electron chi connectivity index (χ2n) is 3.76. The fraction of sp³-hybridized carbons (Fsp3) is 0.308. The average molecular weight is 215 g/mol. The molecule has 1 aromatic heterocycles. The lowest BCUT2D eigenvalue weighted by atomic mass is 10.1. The van der Waals surface area contributed by atoms with Crippen LogP contribution in [0.25, 0.3) is 10.8 Å². The van der Waals surface area contributed by atoms with Gasteiger partial charge < -0.3 is 10.6 Å². The van der Waals surface area contributed by atoms with Crippen molar-refractivity contribution in [2.75, 3.05) is 23.7 Å². The van der Waals surface area contributed by atoms with Crippen molar-refractivity contribution in [2.45, 2.75) is 13.8 Å². The molecule has 0 radical (unpaired) electrons. The van der Waals surface area contributed by atoms with E-state index in [-0.39, 0.29) is 0 Å². The normalized spacial score (nSPS) is 10.6. The van der Waals surface area contributed by atoms with Crippen LogP contribution in [0.1, 0.15) is 13.8 Å². The first kappa shape index (κ1) is 10.7. The molecule has 0 aliphatic carbocycles. The molecule has 2 rings (SSSR count). The molecule has 0 bridgehead atoms. The summed E-state index contributed by atoms with van der Waals surface area (Å²) in [6.45, 7) is 6.13. The van der Waals surface area contributed by atoms with Crippen molar-refractivity contribution in [2.24, 2.45) is 0 Å². The van der Waals surface area contributed by atoms with E-state index in [1.165, 1.54) is 0 Å². The highest BCUT2D eigenvalue weighted by Crippen LogP contribution is 2.24. The number of hydrogen-bond donors (Lipinski definition) is 1. The standard InChI is InChI=1S/C13H17N3/c1-3-16(4-2)12-9-10-7-5-6-8-11(10)13(14)15-12/h5-9H,3-4H2,1-2H3,(H2,14,15). The number of fused-ring (bicyclic) bond motifs is 1. The minimum atomic E-state index is 0.611. The Labute approximate surface area is 95.9 Å². The molecular formula is C13H17N3. The molecule has 3 heteroatoms. The molecule has 0 aliphatic heterocycles. The Kier molecular flexibility index (Phi) is 2.95. The quantitative estimate of drug-likeness (QED) is 0.855. The first-order chi connectivity index (χ1) is 7.76. The Hall–Kier alpha value is -1.77. The largest absolute Gasteiger partial charge is 0.383 e. The van der Waals surface area contributed by atoms with Gasteiger partial charge in [-0.1, -0.05) is 24.3 Å². The highest BCUT2D eigenvalue weighted by Gasteiger charge is 2.07. The molecule has 3 nitrogen and oxygen atoms in total. The van der Waals surface area contributed by atoms with Crippen LogP contribution in [0.4, 0.5) is 11.6 Å². The van der Waals surface area contributed by atoms with Gasteiger partial charge in [-0.25, -0.2) is 4.98 Å². The van der Waals surface area contributed by atoms with Crippen LogP contribution in [0, 0.1) is 0 Å². The molecule has 0 amide bonds. The summed E-state index contributed by atoms with van der Waals surface area (Å²) in [6, 6.07) is 10.2. The topological polar surface area (TPSA) is 42.1 Å². The highest BCUT2D eigenvalue weighted by molar-refractivity contribution is 5.92. The number of rotatable bonds is 3. The maximum absolute atomic E-state index is 5.97. The predicted octanol–water partition coefficient (Wildman–Crippen LogP) is 2.66. The smallest absolute Gasteiger partial charge is 0.133 e. The Morgan fingerprint density at radius 2 is 1.88 bits per heavy atom. The third-order valence-corrected chi connectivity index (χ3v) is 2.84. The first-order valence-corrected chi connectivity index (χ1v) is 5.66. The molecule has 16 heavy (non-hydrogen) atoms. The second kappa shape index (κ2) is 4.39. The van der Waals surface area contributed by atoms with Gasteiger partial charge in [0.15, 0.2) is 0 Å². The van der Waals surface area contributed by atoms with E-state index >= 15 is 0 Å². The van der Waals surface area contributed by atoms with Gasteiger partial charge in [0.1, 0.15) is 11.6 Å². The minimum absolute atomic E-state index is 0.611. The number of anilines is 2. The number of benzene rings is 1. The van der Waals surface area contributed by atoms with Gasteiger partial charge in [0, 0.05) is 18.5 Å². The van der Waals surface area contributed by atoms with E-state index in [1.54, 1.807) is 0 Å². The molecule has 0 unspecified atom stereocenters. The number of nitrogen functional groups attached to an aromatic ring is 1. The van der Waals surface area contributed by atoms with Gasteiger partial charge in [-0.2, -0.15) is 0 Å². The number of pyridine rings is 1. The highest BCUT2D eigenvalue weighted by atomic mass is 15.2. The number of nitrogens with two attached hydrogens (primary N) is 1. The van der Waals surface area contributed by atoms with Crippen LogP contribution in [-0.2, 0) is 0 Å². The summed E-state index contributed by atoms with van der Waals surface area (Å²) in [5, 5.41) is 2.18. The van der Waals surface area contributed by atoms with Gasteiger partial charge in [0.05, 0.1) is 0 Å². The number of nitrogens with zero attached hydrogens (tertiary/aromatic N) is 2. The third kappa shape index (κ3) is 1.81. The number of hydrogen-bond acceptors (Lipinski definition) is 3. The average Bonchev–Trinajstić information content (AvgIpc) is 2.31. The summed E-state index contributed by atoms with van der Waals surface area (Å²) in [7, 11) is 0. The van der Waals surface area contributed by atoms with Crippen molar-refractivity contribution in [3.05, 3.63) is 30.3 Å². The van der Waals surface area contributed by atoms with Crippen molar-refractivity contribution in [1.29, 1.82) is 0 Å². The van der Waals surface area contributed by atoms with Crippen LogP contribution in [0.15, 0.2) is 30.3 Å². The zero-order chi connectivity index (χ0) is 11.5. The van der Waals surface area contributed by atoms with Crippen molar-refractivity contribution in [3.63, 3.8) is 0 Å². The Morgan fingerprint density at radius 3 is 2.56 bits per heavy atom. The Morgan fingerprint density at radius 1 is 1.19 bits per heavy atom. The molecule has 2 N–H and O–H groups in total. The van der Waals surface area contributed by atoms with Crippen molar-refractivity contribution in [1.82, 2.24) is 4.98 Å². The van der Waals surface area contributed by atoms with Crippen LogP contribution in [-0.4, -0.2) is 18.1 Å². The fourth-order valence-corrected chi connectivity index (χ4v) is 1.92. The molecule has 2 aromatic rings. The predicted molar refractivity (Wildman–Crippen MR) is 69.7 cm³/mol. The number of aromatic nitrogens is 1. The summed E-state index contributed by atoms with van der Waals surface area (Å²) in [5.74, 6) is 1.57. The van der Waals surface area contributed by atoms with Crippen molar-refractivity contribution >= 4 is 22.4 Å². The van der Waals surface area contributed by atoms with Crippen molar-refractivity contribution in [3.8, 4) is 0 Å². The van der Waals surface area contributed by atoms with E-state index in [1.807, 2.05) is 18.2 Å². The molecular weight excluding hydrogens is 198 g/mol. The summed E-state index contributed by atoms with van der Waals surface area (Å²) in [6.07, 6.45) is 0. The van der Waals surface area contributed by atoms with E-state index in [2.05, 4.69) is 35.9 Å². The first-order valence-electron chi connectivity index (χ1n) is 5.66.